The summed E-state index contributed by atoms with van der Waals surface area (Å²) in [6.45, 7) is 1.66. The number of hydrogen-bond acceptors (Lipinski definition) is 10. The number of carbonyl (C=O) groups excluding carboxylic acids is 3. The standard InChI is InChI=1S/C29H30N4O8S/c1-11-13-9-10-14(32-28(42)31-12-7-5-4-6-8-12)21(34)16(13)22(35)17-15(11)23(36)19-20(33(2)3)24(37)18(27(30)40)26(39)29(19,41)25(17)38/h4-11,15,19-20,23,34-36,39,41H,1-3H3,(H2,30,40)(H2,31,32,42)/t11-,15?,19?,20-,23-,29-/m0/s1. The van der Waals surface area contributed by atoms with E-state index in [-0.39, 0.29) is 16.4 Å². The highest BCUT2D eigenvalue weighted by molar-refractivity contribution is 7.80. The normalized spacial score (nSPS) is 28.7. The van der Waals surface area contributed by atoms with Crippen LogP contribution in [0, 0.1) is 11.8 Å². The molecule has 0 radical (unpaired) electrons. The molecule has 9 N–H and O–H groups in total. The van der Waals surface area contributed by atoms with Crippen molar-refractivity contribution in [3.05, 3.63) is 70.5 Å². The number of aliphatic hydroxyl groups excluding tert-OH is 3. The van der Waals surface area contributed by atoms with Gasteiger partial charge < -0.3 is 41.9 Å². The van der Waals surface area contributed by atoms with Gasteiger partial charge in [0.25, 0.3) is 5.91 Å². The fourth-order valence-electron chi connectivity index (χ4n) is 6.52. The van der Waals surface area contributed by atoms with Gasteiger partial charge in [-0.1, -0.05) is 31.2 Å². The molecule has 0 spiro atoms. The van der Waals surface area contributed by atoms with Crippen LogP contribution in [0.15, 0.2) is 59.4 Å². The Kier molecular flexibility index (Phi) is 7.10. The van der Waals surface area contributed by atoms with Gasteiger partial charge >= 0.3 is 0 Å². The molecular weight excluding hydrogens is 564 g/mol. The number of amides is 1. The van der Waals surface area contributed by atoms with Crippen molar-refractivity contribution in [3.8, 4) is 5.75 Å². The summed E-state index contributed by atoms with van der Waals surface area (Å²) in [5.41, 5.74) is 1.94. The van der Waals surface area contributed by atoms with Crippen LogP contribution in [0.4, 0.5) is 11.4 Å². The van der Waals surface area contributed by atoms with Gasteiger partial charge in [-0.2, -0.15) is 0 Å². The molecule has 42 heavy (non-hydrogen) atoms. The Balaban J connectivity index is 1.64. The summed E-state index contributed by atoms with van der Waals surface area (Å²) < 4.78 is 0. The van der Waals surface area contributed by atoms with Crippen LogP contribution in [0.1, 0.15) is 24.0 Å². The molecule has 12 nitrogen and oxygen atoms in total. The molecule has 220 valence electrons. The Bertz CT molecular complexity index is 1600. The number of hydrogen-bond donors (Lipinski definition) is 8. The molecule has 0 saturated heterocycles. The van der Waals surface area contributed by atoms with Crippen LogP contribution in [-0.2, 0) is 14.4 Å². The van der Waals surface area contributed by atoms with Gasteiger partial charge in [-0.25, -0.2) is 0 Å². The fraction of sp³-hybridized carbons (Fsp3) is 0.310. The Labute approximate surface area is 245 Å². The zero-order valence-corrected chi connectivity index (χ0v) is 23.6. The van der Waals surface area contributed by atoms with E-state index in [2.05, 4.69) is 10.6 Å². The molecule has 3 aliphatic carbocycles. The lowest BCUT2D eigenvalue weighted by atomic mass is 9.54. The minimum absolute atomic E-state index is 0.0927. The molecule has 5 rings (SSSR count). The smallest absolute Gasteiger partial charge is 0.255 e. The van der Waals surface area contributed by atoms with Gasteiger partial charge in [0.05, 0.1) is 29.3 Å². The Morgan fingerprint density at radius 2 is 1.69 bits per heavy atom. The number of rotatable bonds is 4. The number of nitrogens with zero attached hydrogens (tertiary/aromatic N) is 1. The van der Waals surface area contributed by atoms with Crippen molar-refractivity contribution in [2.24, 2.45) is 17.6 Å². The number of para-hydroxylation sites is 1. The van der Waals surface area contributed by atoms with Crippen LogP contribution >= 0.6 is 12.2 Å². The molecule has 3 aliphatic rings. The molecule has 2 aromatic carbocycles. The third kappa shape index (κ3) is 4.08. The predicted molar refractivity (Wildman–Crippen MR) is 157 cm³/mol. The second-order valence-electron chi connectivity index (χ2n) is 10.9. The molecule has 0 aromatic heterocycles. The maximum absolute atomic E-state index is 14.1. The molecule has 6 atom stereocenters. The highest BCUT2D eigenvalue weighted by Gasteiger charge is 2.68. The van der Waals surface area contributed by atoms with Crippen molar-refractivity contribution in [1.29, 1.82) is 0 Å². The summed E-state index contributed by atoms with van der Waals surface area (Å²) in [4.78, 5) is 40.8. The second kappa shape index (κ2) is 10.2. The number of primary amides is 1. The molecule has 0 heterocycles. The largest absolute Gasteiger partial charge is 0.508 e. The van der Waals surface area contributed by atoms with E-state index in [0.29, 0.717) is 11.3 Å². The number of carbonyl (C=O) groups is 3. The van der Waals surface area contributed by atoms with Gasteiger partial charge in [-0.05, 0) is 56.0 Å². The summed E-state index contributed by atoms with van der Waals surface area (Å²) >= 11 is 5.35. The van der Waals surface area contributed by atoms with Crippen LogP contribution in [0.3, 0.4) is 0 Å². The van der Waals surface area contributed by atoms with Crippen LogP contribution in [-0.4, -0.2) is 84.9 Å². The van der Waals surface area contributed by atoms with Gasteiger partial charge in [0.1, 0.15) is 22.8 Å². The fourth-order valence-corrected chi connectivity index (χ4v) is 6.75. The number of fused-ring (bicyclic) bond motifs is 3. The zero-order valence-electron chi connectivity index (χ0n) is 22.8. The highest BCUT2D eigenvalue weighted by atomic mass is 32.1. The average Bonchev–Trinajstić information content (AvgIpc) is 2.92. The highest BCUT2D eigenvalue weighted by Crippen LogP contribution is 2.56. The van der Waals surface area contributed by atoms with Crippen LogP contribution < -0.4 is 16.4 Å². The number of thiocarbonyl (C=S) groups is 1. The lowest BCUT2D eigenvalue weighted by Crippen LogP contribution is -2.70. The van der Waals surface area contributed by atoms with Crippen molar-refractivity contribution in [1.82, 2.24) is 4.90 Å². The Morgan fingerprint density at radius 1 is 1.05 bits per heavy atom. The number of benzene rings is 2. The average molecular weight is 595 g/mol. The van der Waals surface area contributed by atoms with Gasteiger partial charge in [-0.15, -0.1) is 0 Å². The summed E-state index contributed by atoms with van der Waals surface area (Å²) in [5, 5.41) is 63.1. The summed E-state index contributed by atoms with van der Waals surface area (Å²) in [6.07, 6.45) is -1.66. The molecule has 0 bridgehead atoms. The molecule has 1 saturated carbocycles. The number of aliphatic hydroxyl groups is 4. The first-order chi connectivity index (χ1) is 19.7. The maximum Gasteiger partial charge on any atom is 0.255 e. The number of phenols is 1. The van der Waals surface area contributed by atoms with E-state index in [9.17, 15) is 39.9 Å². The van der Waals surface area contributed by atoms with E-state index in [1.165, 1.54) is 25.1 Å². The first-order valence-electron chi connectivity index (χ1n) is 13.0. The first-order valence-corrected chi connectivity index (χ1v) is 13.5. The van der Waals surface area contributed by atoms with E-state index < -0.39 is 81.4 Å². The Hall–Kier alpha value is -4.30. The molecule has 13 heteroatoms. The maximum atomic E-state index is 14.1. The monoisotopic (exact) mass is 594 g/mol. The van der Waals surface area contributed by atoms with E-state index >= 15 is 0 Å². The minimum Gasteiger partial charge on any atom is -0.508 e. The number of aromatic hydroxyl groups is 1. The number of likely N-dealkylation sites (N-methyl/N-ethyl adjacent to an activating group) is 1. The van der Waals surface area contributed by atoms with E-state index in [4.69, 9.17) is 18.0 Å². The third-order valence-corrected chi connectivity index (χ3v) is 8.61. The van der Waals surface area contributed by atoms with Crippen molar-refractivity contribution in [2.75, 3.05) is 24.7 Å². The summed E-state index contributed by atoms with van der Waals surface area (Å²) in [6, 6.07) is 10.7. The first kappa shape index (κ1) is 29.2. The molecule has 2 unspecified atom stereocenters. The van der Waals surface area contributed by atoms with Crippen molar-refractivity contribution >= 4 is 51.9 Å². The lowest BCUT2D eigenvalue weighted by Gasteiger charge is -2.53. The topological polar surface area (TPSA) is 206 Å². The van der Waals surface area contributed by atoms with Crippen molar-refractivity contribution in [2.45, 2.75) is 30.6 Å². The van der Waals surface area contributed by atoms with Crippen LogP contribution in [0.25, 0.3) is 5.76 Å². The summed E-state index contributed by atoms with van der Waals surface area (Å²) in [5.74, 6) is -9.52. The summed E-state index contributed by atoms with van der Waals surface area (Å²) in [7, 11) is 2.90. The number of nitrogens with two attached hydrogens (primary N) is 1. The number of ketones is 2. The lowest BCUT2D eigenvalue weighted by molar-refractivity contribution is -0.169. The van der Waals surface area contributed by atoms with E-state index in [0.717, 1.165) is 0 Å². The predicted octanol–water partition coefficient (Wildman–Crippen LogP) is 1.30. The van der Waals surface area contributed by atoms with Gasteiger partial charge in [0.2, 0.25) is 5.78 Å². The number of Topliss-reactive ketones (excluding diaryl/α,β-unsaturated/α-hetero) is 2. The van der Waals surface area contributed by atoms with E-state index in [1.54, 1.807) is 37.3 Å². The quantitative estimate of drug-likeness (QED) is 0.143. The SMILES string of the molecule is C[C@H]1c2ccc(NC(=S)Nc3ccccc3)c(O)c2C(O)=C2C(=O)[C@]3(O)C(O)=C(C(N)=O)C(=O)[C@@H](N(C)C)C3[C@@H](O)C21. The van der Waals surface area contributed by atoms with Gasteiger partial charge in [0.15, 0.2) is 16.5 Å². The minimum atomic E-state index is -2.98. The zero-order chi connectivity index (χ0) is 30.8. The van der Waals surface area contributed by atoms with Crippen LogP contribution in [0.2, 0.25) is 0 Å². The number of nitrogens with one attached hydrogen (secondary N) is 2. The van der Waals surface area contributed by atoms with E-state index in [1.807, 2.05) is 6.07 Å². The van der Waals surface area contributed by atoms with Gasteiger partial charge in [-0.3, -0.25) is 19.3 Å². The molecule has 0 aliphatic heterocycles. The molecule has 1 fully saturated rings. The van der Waals surface area contributed by atoms with Crippen LogP contribution in [0.5, 0.6) is 5.75 Å². The molecule has 2 aromatic rings. The number of phenolic OH excluding ortho intramolecular Hbond substituents is 1. The third-order valence-electron chi connectivity index (χ3n) is 8.41. The second-order valence-corrected chi connectivity index (χ2v) is 11.3. The van der Waals surface area contributed by atoms with Gasteiger partial charge in [0, 0.05) is 17.2 Å². The van der Waals surface area contributed by atoms with Crippen molar-refractivity contribution < 1.29 is 39.9 Å². The number of anilines is 2. The molecular formula is C29H30N4O8S. The molecule has 1 amide bonds. The Morgan fingerprint density at radius 3 is 2.29 bits per heavy atom. The van der Waals surface area contributed by atoms with Crippen molar-refractivity contribution in [3.63, 3.8) is 0 Å².